The Morgan fingerprint density at radius 3 is 2.00 bits per heavy atom. The molecule has 0 saturated carbocycles. The second-order valence-corrected chi connectivity index (χ2v) is 4.43. The lowest BCUT2D eigenvalue weighted by Crippen LogP contribution is -2.33. The Morgan fingerprint density at radius 2 is 1.57 bits per heavy atom. The molecule has 0 aromatic heterocycles. The minimum absolute atomic E-state index is 0.0168. The highest BCUT2D eigenvalue weighted by Crippen LogP contribution is 2.23. The van der Waals surface area contributed by atoms with Crippen molar-refractivity contribution in [3.63, 3.8) is 0 Å². The fourth-order valence-corrected chi connectivity index (χ4v) is 1.01. The maximum absolute atomic E-state index is 5.62. The van der Waals surface area contributed by atoms with Crippen LogP contribution in [0.1, 0.15) is 34.1 Å². The molecule has 3 nitrogen and oxygen atoms in total. The summed E-state index contributed by atoms with van der Waals surface area (Å²) in [5.74, 6) is 0. The Kier molecular flexibility index (Phi) is 7.15. The average molecular weight is 204 g/mol. The predicted octanol–water partition coefficient (Wildman–Crippen LogP) is 2.45. The summed E-state index contributed by atoms with van der Waals surface area (Å²) in [5.41, 5.74) is 0.0168. The lowest BCUT2D eigenvalue weighted by atomic mass is 9.96. The summed E-state index contributed by atoms with van der Waals surface area (Å²) in [6.45, 7) is 10.4. The number of hydrogen-bond donors (Lipinski definition) is 0. The van der Waals surface area contributed by atoms with Gasteiger partial charge in [0.1, 0.15) is 0 Å². The molecule has 0 saturated heterocycles. The molecule has 1 atom stereocenters. The zero-order valence-electron chi connectivity index (χ0n) is 10.1. The van der Waals surface area contributed by atoms with Crippen molar-refractivity contribution in [3.05, 3.63) is 0 Å². The van der Waals surface area contributed by atoms with Crippen molar-refractivity contribution >= 4 is 0 Å². The largest absolute Gasteiger partial charge is 0.382 e. The molecule has 3 heteroatoms. The second-order valence-electron chi connectivity index (χ2n) is 4.43. The Hall–Kier alpha value is -0.120. The van der Waals surface area contributed by atoms with Gasteiger partial charge in [0.05, 0.1) is 13.2 Å². The topological polar surface area (TPSA) is 27.7 Å². The van der Waals surface area contributed by atoms with Gasteiger partial charge in [-0.15, -0.1) is 0 Å². The van der Waals surface area contributed by atoms with E-state index in [1.54, 1.807) is 7.11 Å². The number of methoxy groups -OCH3 is 1. The van der Waals surface area contributed by atoms with E-state index in [2.05, 4.69) is 27.7 Å². The van der Waals surface area contributed by atoms with Crippen LogP contribution in [-0.4, -0.2) is 33.2 Å². The van der Waals surface area contributed by atoms with E-state index in [1.165, 1.54) is 0 Å². The zero-order valence-corrected chi connectivity index (χ0v) is 10.1. The molecule has 14 heavy (non-hydrogen) atoms. The first-order valence-electron chi connectivity index (χ1n) is 5.24. The smallest absolute Gasteiger partial charge is 0.162 e. The van der Waals surface area contributed by atoms with Gasteiger partial charge in [-0.2, -0.15) is 0 Å². The molecule has 0 heterocycles. The van der Waals surface area contributed by atoms with E-state index in [9.17, 15) is 0 Å². The first-order valence-corrected chi connectivity index (χ1v) is 5.24. The van der Waals surface area contributed by atoms with Crippen LogP contribution in [0.3, 0.4) is 0 Å². The molecule has 0 aromatic rings. The lowest BCUT2D eigenvalue weighted by molar-refractivity contribution is -0.198. The normalized spacial score (nSPS) is 14.4. The van der Waals surface area contributed by atoms with Gasteiger partial charge in [0.15, 0.2) is 6.29 Å². The molecular weight excluding hydrogens is 180 g/mol. The molecule has 0 rings (SSSR count). The summed E-state index contributed by atoms with van der Waals surface area (Å²) in [6.07, 6.45) is 0.873. The molecular formula is C11H24O3. The van der Waals surface area contributed by atoms with Crippen LogP contribution in [-0.2, 0) is 14.2 Å². The molecule has 0 aliphatic carbocycles. The highest BCUT2D eigenvalue weighted by Gasteiger charge is 2.25. The lowest BCUT2D eigenvalue weighted by Gasteiger charge is -2.30. The van der Waals surface area contributed by atoms with Crippen LogP contribution in [0.25, 0.3) is 0 Å². The van der Waals surface area contributed by atoms with Gasteiger partial charge in [0, 0.05) is 19.1 Å². The van der Waals surface area contributed by atoms with E-state index in [0.717, 1.165) is 13.0 Å². The minimum Gasteiger partial charge on any atom is -0.382 e. The molecule has 0 N–H and O–H groups in total. The highest BCUT2D eigenvalue weighted by molar-refractivity contribution is 4.66. The van der Waals surface area contributed by atoms with Crippen molar-refractivity contribution in [2.45, 2.75) is 40.4 Å². The van der Waals surface area contributed by atoms with Gasteiger partial charge >= 0.3 is 0 Å². The van der Waals surface area contributed by atoms with E-state index in [1.807, 2.05) is 0 Å². The third kappa shape index (κ3) is 6.35. The van der Waals surface area contributed by atoms with Gasteiger partial charge < -0.3 is 14.2 Å². The van der Waals surface area contributed by atoms with Gasteiger partial charge in [-0.05, 0) is 6.42 Å². The molecule has 0 fully saturated rings. The maximum atomic E-state index is 5.62. The van der Waals surface area contributed by atoms with Crippen LogP contribution in [0, 0.1) is 5.41 Å². The van der Waals surface area contributed by atoms with Gasteiger partial charge in [0.25, 0.3) is 0 Å². The van der Waals surface area contributed by atoms with Gasteiger partial charge in [0.2, 0.25) is 0 Å². The third-order valence-electron chi connectivity index (χ3n) is 1.74. The molecule has 0 aliphatic heterocycles. The third-order valence-corrected chi connectivity index (χ3v) is 1.74. The molecule has 1 unspecified atom stereocenters. The van der Waals surface area contributed by atoms with E-state index in [4.69, 9.17) is 14.2 Å². The van der Waals surface area contributed by atoms with Gasteiger partial charge in [-0.3, -0.25) is 0 Å². The summed E-state index contributed by atoms with van der Waals surface area (Å²) in [6, 6.07) is 0. The zero-order chi connectivity index (χ0) is 11.0. The molecule has 0 bridgehead atoms. The van der Waals surface area contributed by atoms with Crippen molar-refractivity contribution in [2.75, 3.05) is 26.9 Å². The molecule has 0 amide bonds. The first-order chi connectivity index (χ1) is 6.52. The van der Waals surface area contributed by atoms with E-state index >= 15 is 0 Å². The molecule has 0 spiro atoms. The van der Waals surface area contributed by atoms with Crippen LogP contribution in [0.5, 0.6) is 0 Å². The summed E-state index contributed by atoms with van der Waals surface area (Å²) in [7, 11) is 1.67. The number of rotatable bonds is 7. The Morgan fingerprint density at radius 1 is 1.00 bits per heavy atom. The summed E-state index contributed by atoms with van der Waals surface area (Å²) in [5, 5.41) is 0. The molecule has 0 radical (unpaired) electrons. The van der Waals surface area contributed by atoms with E-state index < -0.39 is 0 Å². The Labute approximate surface area is 87.7 Å². The molecule has 86 valence electrons. The molecule has 0 aliphatic rings. The van der Waals surface area contributed by atoms with Crippen molar-refractivity contribution in [3.8, 4) is 0 Å². The van der Waals surface area contributed by atoms with Gasteiger partial charge in [-0.25, -0.2) is 0 Å². The Bertz CT molecular complexity index is 129. The maximum Gasteiger partial charge on any atom is 0.162 e. The van der Waals surface area contributed by atoms with Gasteiger partial charge in [-0.1, -0.05) is 27.7 Å². The first kappa shape index (κ1) is 13.9. The van der Waals surface area contributed by atoms with Crippen molar-refractivity contribution < 1.29 is 14.2 Å². The SMILES string of the molecule is CCCOC(OCCOC)C(C)(C)C. The van der Waals surface area contributed by atoms with Crippen molar-refractivity contribution in [1.29, 1.82) is 0 Å². The summed E-state index contributed by atoms with van der Waals surface area (Å²) < 4.78 is 16.2. The van der Waals surface area contributed by atoms with E-state index in [-0.39, 0.29) is 11.7 Å². The Balaban J connectivity index is 3.85. The molecule has 0 aromatic carbocycles. The van der Waals surface area contributed by atoms with Crippen LogP contribution in [0.15, 0.2) is 0 Å². The van der Waals surface area contributed by atoms with Crippen LogP contribution >= 0.6 is 0 Å². The fourth-order valence-electron chi connectivity index (χ4n) is 1.01. The number of ether oxygens (including phenoxy) is 3. The second kappa shape index (κ2) is 7.21. The summed E-state index contributed by atoms with van der Waals surface area (Å²) in [4.78, 5) is 0. The van der Waals surface area contributed by atoms with Crippen LogP contribution < -0.4 is 0 Å². The summed E-state index contributed by atoms with van der Waals surface area (Å²) >= 11 is 0. The average Bonchev–Trinajstić information content (AvgIpc) is 2.09. The standard InChI is InChI=1S/C11H24O3/c1-6-7-13-10(11(2,3)4)14-9-8-12-5/h10H,6-9H2,1-5H3. The monoisotopic (exact) mass is 204 g/mol. The van der Waals surface area contributed by atoms with E-state index in [0.29, 0.717) is 13.2 Å². The van der Waals surface area contributed by atoms with Crippen molar-refractivity contribution in [2.24, 2.45) is 5.41 Å². The van der Waals surface area contributed by atoms with Crippen LogP contribution in [0.2, 0.25) is 0 Å². The predicted molar refractivity (Wildman–Crippen MR) is 57.3 cm³/mol. The van der Waals surface area contributed by atoms with Crippen LogP contribution in [0.4, 0.5) is 0 Å². The fraction of sp³-hybridized carbons (Fsp3) is 1.00. The van der Waals surface area contributed by atoms with Crippen molar-refractivity contribution in [1.82, 2.24) is 0 Å². The minimum atomic E-state index is -0.141. The number of hydrogen-bond acceptors (Lipinski definition) is 3. The quantitative estimate of drug-likeness (QED) is 0.471. The highest BCUT2D eigenvalue weighted by atomic mass is 16.7.